The maximum Gasteiger partial charge on any atom is 0.255 e. The van der Waals surface area contributed by atoms with Gasteiger partial charge in [-0.2, -0.15) is 0 Å². The summed E-state index contributed by atoms with van der Waals surface area (Å²) in [5, 5.41) is 4.72. The van der Waals surface area contributed by atoms with E-state index in [9.17, 15) is 13.2 Å². The molecule has 0 saturated carbocycles. The van der Waals surface area contributed by atoms with Crippen LogP contribution in [0.4, 0.5) is 11.4 Å². The molecule has 1 amide bonds. The first-order valence-corrected chi connectivity index (χ1v) is 11.5. The van der Waals surface area contributed by atoms with E-state index in [0.717, 1.165) is 16.4 Å². The van der Waals surface area contributed by atoms with Gasteiger partial charge in [-0.25, -0.2) is 8.42 Å². The minimum Gasteiger partial charge on any atom is -0.495 e. The van der Waals surface area contributed by atoms with Crippen molar-refractivity contribution in [1.29, 1.82) is 0 Å². The van der Waals surface area contributed by atoms with Crippen LogP contribution in [0, 0.1) is 0 Å². The molecule has 1 N–H and O–H groups in total. The number of carbonyl (C=O) groups excluding carboxylic acids is 1. The number of carbonyl (C=O) groups is 1. The molecule has 8 heteroatoms. The van der Waals surface area contributed by atoms with Crippen LogP contribution in [0.2, 0.25) is 0 Å². The highest BCUT2D eigenvalue weighted by atomic mass is 32.2. The molecule has 2 heterocycles. The largest absolute Gasteiger partial charge is 0.495 e. The van der Waals surface area contributed by atoms with Gasteiger partial charge >= 0.3 is 0 Å². The van der Waals surface area contributed by atoms with Crippen molar-refractivity contribution in [2.45, 2.75) is 6.42 Å². The van der Waals surface area contributed by atoms with Gasteiger partial charge in [0.05, 0.1) is 24.2 Å². The molecule has 0 aliphatic carbocycles. The number of methoxy groups -OCH3 is 1. The van der Waals surface area contributed by atoms with Crippen LogP contribution in [0.15, 0.2) is 65.1 Å². The summed E-state index contributed by atoms with van der Waals surface area (Å²) in [6.07, 6.45) is 0.577. The number of ether oxygens (including phenoxy) is 1. The summed E-state index contributed by atoms with van der Waals surface area (Å²) in [6, 6.07) is 17.9. The first-order chi connectivity index (χ1) is 15.0. The van der Waals surface area contributed by atoms with Crippen molar-refractivity contribution < 1.29 is 22.4 Å². The van der Waals surface area contributed by atoms with Gasteiger partial charge in [-0.15, -0.1) is 0 Å². The molecule has 7 nitrogen and oxygen atoms in total. The number of hydrogen-bond donors (Lipinski definition) is 1. The van der Waals surface area contributed by atoms with Crippen molar-refractivity contribution >= 4 is 49.2 Å². The Balaban J connectivity index is 1.49. The summed E-state index contributed by atoms with van der Waals surface area (Å²) < 4.78 is 37.2. The number of fused-ring (bicyclic) bond motifs is 3. The van der Waals surface area contributed by atoms with E-state index in [2.05, 4.69) is 5.32 Å². The molecular weight excluding hydrogens is 416 g/mol. The number of rotatable bonds is 4. The number of sulfonamides is 1. The maximum atomic E-state index is 13.0. The number of anilines is 2. The van der Waals surface area contributed by atoms with Crippen LogP contribution in [0.25, 0.3) is 21.9 Å². The average molecular weight is 436 g/mol. The zero-order chi connectivity index (χ0) is 21.6. The SMILES string of the molecule is COc1cc2c(cc1NC(=O)c1cccc(N3CCCS3(=O)=O)c1)oc1ccccc12. The van der Waals surface area contributed by atoms with Crippen molar-refractivity contribution in [3.63, 3.8) is 0 Å². The normalized spacial score (nSPS) is 15.5. The molecule has 0 atom stereocenters. The van der Waals surface area contributed by atoms with E-state index in [1.807, 2.05) is 30.3 Å². The Labute approximate surface area is 179 Å². The number of nitrogens with one attached hydrogen (secondary N) is 1. The molecule has 4 aromatic rings. The second-order valence-electron chi connectivity index (χ2n) is 7.39. The molecule has 1 aromatic heterocycles. The molecule has 1 fully saturated rings. The molecule has 0 radical (unpaired) electrons. The van der Waals surface area contributed by atoms with Crippen molar-refractivity contribution in [2.24, 2.45) is 0 Å². The van der Waals surface area contributed by atoms with Gasteiger partial charge in [-0.3, -0.25) is 9.10 Å². The van der Waals surface area contributed by atoms with Crippen LogP contribution >= 0.6 is 0 Å². The molecule has 1 aliphatic rings. The summed E-state index contributed by atoms with van der Waals surface area (Å²) in [4.78, 5) is 13.0. The van der Waals surface area contributed by atoms with Gasteiger partial charge in [-0.1, -0.05) is 24.3 Å². The molecule has 31 heavy (non-hydrogen) atoms. The van der Waals surface area contributed by atoms with E-state index < -0.39 is 10.0 Å². The third-order valence-corrected chi connectivity index (χ3v) is 7.31. The highest BCUT2D eigenvalue weighted by Gasteiger charge is 2.28. The van der Waals surface area contributed by atoms with Gasteiger partial charge in [0.15, 0.2) is 0 Å². The molecule has 0 bridgehead atoms. The van der Waals surface area contributed by atoms with E-state index in [-0.39, 0.29) is 11.7 Å². The topological polar surface area (TPSA) is 88.9 Å². The zero-order valence-corrected chi connectivity index (χ0v) is 17.6. The Kier molecular flexibility index (Phi) is 4.59. The van der Waals surface area contributed by atoms with Crippen molar-refractivity contribution in [1.82, 2.24) is 0 Å². The molecule has 3 aromatic carbocycles. The average Bonchev–Trinajstić information content (AvgIpc) is 3.31. The fourth-order valence-corrected chi connectivity index (χ4v) is 5.50. The highest BCUT2D eigenvalue weighted by molar-refractivity contribution is 7.93. The summed E-state index contributed by atoms with van der Waals surface area (Å²) in [5.41, 5.74) is 2.70. The van der Waals surface area contributed by atoms with E-state index in [0.29, 0.717) is 41.2 Å². The first kappa shape index (κ1) is 19.4. The molecular formula is C23H20N2O5S. The van der Waals surface area contributed by atoms with Gasteiger partial charge in [0.25, 0.3) is 5.91 Å². The predicted molar refractivity (Wildman–Crippen MR) is 120 cm³/mol. The minimum absolute atomic E-state index is 0.123. The summed E-state index contributed by atoms with van der Waals surface area (Å²) in [7, 11) is -1.78. The van der Waals surface area contributed by atoms with Crippen LogP contribution in [0.3, 0.4) is 0 Å². The predicted octanol–water partition coefficient (Wildman–Crippen LogP) is 4.39. The van der Waals surface area contributed by atoms with Crippen molar-refractivity contribution in [3.05, 3.63) is 66.2 Å². The molecule has 0 unspecified atom stereocenters. The van der Waals surface area contributed by atoms with Crippen LogP contribution in [0.5, 0.6) is 5.75 Å². The third kappa shape index (κ3) is 3.38. The molecule has 1 saturated heterocycles. The molecule has 0 spiro atoms. The lowest BCUT2D eigenvalue weighted by atomic mass is 10.1. The van der Waals surface area contributed by atoms with E-state index >= 15 is 0 Å². The minimum atomic E-state index is -3.32. The lowest BCUT2D eigenvalue weighted by molar-refractivity contribution is 0.102. The second-order valence-corrected chi connectivity index (χ2v) is 9.41. The number of furan rings is 1. The lowest BCUT2D eigenvalue weighted by Gasteiger charge is -2.17. The number of nitrogens with zero attached hydrogens (tertiary/aromatic N) is 1. The maximum absolute atomic E-state index is 13.0. The van der Waals surface area contributed by atoms with Crippen LogP contribution in [-0.2, 0) is 10.0 Å². The lowest BCUT2D eigenvalue weighted by Crippen LogP contribution is -2.25. The highest BCUT2D eigenvalue weighted by Crippen LogP contribution is 2.36. The summed E-state index contributed by atoms with van der Waals surface area (Å²) >= 11 is 0. The molecule has 5 rings (SSSR count). The quantitative estimate of drug-likeness (QED) is 0.513. The Hall–Kier alpha value is -3.52. The molecule has 158 valence electrons. The Morgan fingerprint density at radius 1 is 1.03 bits per heavy atom. The Morgan fingerprint density at radius 3 is 2.65 bits per heavy atom. The van der Waals surface area contributed by atoms with Gasteiger partial charge in [-0.05, 0) is 36.8 Å². The summed E-state index contributed by atoms with van der Waals surface area (Å²) in [6.45, 7) is 0.421. The zero-order valence-electron chi connectivity index (χ0n) is 16.8. The van der Waals surface area contributed by atoms with E-state index in [4.69, 9.17) is 9.15 Å². The number of benzene rings is 3. The van der Waals surface area contributed by atoms with Crippen molar-refractivity contribution in [3.8, 4) is 5.75 Å². The second kappa shape index (κ2) is 7.31. The van der Waals surface area contributed by atoms with Gasteiger partial charge < -0.3 is 14.5 Å². The number of para-hydroxylation sites is 1. The fourth-order valence-electron chi connectivity index (χ4n) is 3.94. The smallest absolute Gasteiger partial charge is 0.255 e. The third-order valence-electron chi connectivity index (χ3n) is 5.44. The van der Waals surface area contributed by atoms with E-state index in [1.54, 1.807) is 30.3 Å². The number of hydrogen-bond acceptors (Lipinski definition) is 5. The van der Waals surface area contributed by atoms with Crippen LogP contribution in [0.1, 0.15) is 16.8 Å². The van der Waals surface area contributed by atoms with Gasteiger partial charge in [0.1, 0.15) is 16.9 Å². The van der Waals surface area contributed by atoms with Gasteiger partial charge in [0.2, 0.25) is 10.0 Å². The van der Waals surface area contributed by atoms with Gasteiger partial charge in [0, 0.05) is 28.9 Å². The Bertz CT molecular complexity index is 1420. The van der Waals surface area contributed by atoms with E-state index in [1.165, 1.54) is 11.4 Å². The van der Waals surface area contributed by atoms with Crippen LogP contribution in [-0.4, -0.2) is 33.7 Å². The van der Waals surface area contributed by atoms with Crippen LogP contribution < -0.4 is 14.4 Å². The first-order valence-electron chi connectivity index (χ1n) is 9.87. The summed E-state index contributed by atoms with van der Waals surface area (Å²) in [5.74, 6) is 0.260. The van der Waals surface area contributed by atoms with Crippen molar-refractivity contribution in [2.75, 3.05) is 29.0 Å². The Morgan fingerprint density at radius 2 is 1.87 bits per heavy atom. The standard InChI is InChI=1S/C23H20N2O5S/c1-29-22-13-18-17-8-2-3-9-20(17)30-21(18)14-19(22)24-23(26)15-6-4-7-16(12-15)25-10-5-11-31(25,27)28/h2-4,6-9,12-14H,5,10-11H2,1H3,(H,24,26). The number of amides is 1. The monoisotopic (exact) mass is 436 g/mol. The fraction of sp³-hybridized carbons (Fsp3) is 0.174. The molecule has 1 aliphatic heterocycles.